The van der Waals surface area contributed by atoms with Gasteiger partial charge in [-0.3, -0.25) is 14.5 Å². The molecule has 0 fully saturated rings. The summed E-state index contributed by atoms with van der Waals surface area (Å²) in [5, 5.41) is 1.07. The van der Waals surface area contributed by atoms with E-state index in [2.05, 4.69) is 22.0 Å². The molecule has 0 aromatic heterocycles. The van der Waals surface area contributed by atoms with Crippen molar-refractivity contribution >= 4 is 27.7 Å². The molecule has 1 heterocycles. The first-order valence-corrected chi connectivity index (χ1v) is 9.52. The second-order valence-electron chi connectivity index (χ2n) is 5.82. The van der Waals surface area contributed by atoms with Crippen molar-refractivity contribution in [2.75, 3.05) is 5.33 Å². The fourth-order valence-electron chi connectivity index (χ4n) is 2.88. The molecule has 0 N–H and O–H groups in total. The average molecular weight is 378 g/mol. The van der Waals surface area contributed by atoms with Crippen molar-refractivity contribution in [3.63, 3.8) is 0 Å². The van der Waals surface area contributed by atoms with E-state index in [1.807, 2.05) is 13.0 Å². The van der Waals surface area contributed by atoms with E-state index in [1.165, 1.54) is 24.2 Å². The molecule has 0 radical (unpaired) electrons. The van der Waals surface area contributed by atoms with Gasteiger partial charge in [0.15, 0.2) is 0 Å². The minimum Gasteiger partial charge on any atom is -0.269 e. The third-order valence-corrected chi connectivity index (χ3v) is 4.75. The number of rotatable bonds is 9. The lowest BCUT2D eigenvalue weighted by Crippen LogP contribution is -2.38. The van der Waals surface area contributed by atoms with Gasteiger partial charge < -0.3 is 0 Å². The molecule has 1 aromatic carbocycles. The van der Waals surface area contributed by atoms with Crippen molar-refractivity contribution in [1.82, 2.24) is 4.90 Å². The van der Waals surface area contributed by atoms with E-state index < -0.39 is 0 Å². The quantitative estimate of drug-likeness (QED) is 0.264. The molecule has 2 amide bonds. The topological polar surface area (TPSA) is 37.4 Å². The number of benzene rings is 1. The summed E-state index contributed by atoms with van der Waals surface area (Å²) in [4.78, 5) is 26.4. The number of amides is 2. The smallest absolute Gasteiger partial charge is 0.262 e. The lowest BCUT2D eigenvalue weighted by molar-refractivity contribution is 0.0612. The maximum Gasteiger partial charge on any atom is 0.262 e. The molecule has 1 aliphatic heterocycles. The Morgan fingerprint density at radius 2 is 1.65 bits per heavy atom. The third-order valence-electron chi connectivity index (χ3n) is 4.19. The van der Waals surface area contributed by atoms with Crippen molar-refractivity contribution < 1.29 is 9.59 Å². The van der Waals surface area contributed by atoms with Crippen molar-refractivity contribution in [3.05, 3.63) is 47.5 Å². The van der Waals surface area contributed by atoms with E-state index >= 15 is 0 Å². The van der Waals surface area contributed by atoms with Crippen LogP contribution in [0.2, 0.25) is 0 Å². The Bertz CT molecular complexity index is 547. The largest absolute Gasteiger partial charge is 0.269 e. The van der Waals surface area contributed by atoms with Crippen molar-refractivity contribution in [3.8, 4) is 0 Å². The molecule has 1 aromatic rings. The molecular formula is C19H24BrNO2. The lowest BCUT2D eigenvalue weighted by atomic mass is 10.1. The van der Waals surface area contributed by atoms with E-state index in [9.17, 15) is 9.59 Å². The summed E-state index contributed by atoms with van der Waals surface area (Å²) in [5.74, 6) is -0.334. The molecule has 1 aliphatic rings. The molecule has 0 unspecified atom stereocenters. The number of carbonyl (C=O) groups excluding carboxylic acids is 2. The number of hydrogen-bond acceptors (Lipinski definition) is 2. The molecule has 124 valence electrons. The van der Waals surface area contributed by atoms with Gasteiger partial charge in [-0.25, -0.2) is 0 Å². The summed E-state index contributed by atoms with van der Waals surface area (Å²) in [6.45, 7) is 2.01. The molecule has 0 bridgehead atoms. The van der Waals surface area contributed by atoms with Crippen LogP contribution in [0.1, 0.15) is 66.2 Å². The van der Waals surface area contributed by atoms with E-state index in [-0.39, 0.29) is 17.9 Å². The second-order valence-corrected chi connectivity index (χ2v) is 6.61. The summed E-state index contributed by atoms with van der Waals surface area (Å²) in [6.07, 6.45) is 10.7. The van der Waals surface area contributed by atoms with Crippen LogP contribution in [-0.2, 0) is 0 Å². The van der Waals surface area contributed by atoms with Gasteiger partial charge >= 0.3 is 0 Å². The van der Waals surface area contributed by atoms with Crippen molar-refractivity contribution in [1.29, 1.82) is 0 Å². The maximum atomic E-state index is 12.5. The Morgan fingerprint density at radius 1 is 1.04 bits per heavy atom. The zero-order valence-electron chi connectivity index (χ0n) is 13.6. The SMILES string of the molecule is CC[C@@H](/C=C\CCCCCCBr)N1C(=O)c2ccccc2C1=O. The van der Waals surface area contributed by atoms with Crippen LogP contribution in [0.5, 0.6) is 0 Å². The van der Waals surface area contributed by atoms with E-state index in [4.69, 9.17) is 0 Å². The molecule has 3 nitrogen and oxygen atoms in total. The molecular weight excluding hydrogens is 354 g/mol. The van der Waals surface area contributed by atoms with Crippen molar-refractivity contribution in [2.45, 2.75) is 51.5 Å². The molecule has 0 saturated carbocycles. The van der Waals surface area contributed by atoms with Gasteiger partial charge in [0, 0.05) is 5.33 Å². The first-order valence-electron chi connectivity index (χ1n) is 8.40. The van der Waals surface area contributed by atoms with E-state index in [1.54, 1.807) is 24.3 Å². The summed E-state index contributed by atoms with van der Waals surface area (Å²) in [5.41, 5.74) is 1.05. The lowest BCUT2D eigenvalue weighted by Gasteiger charge is -2.22. The van der Waals surface area contributed by atoms with Crippen LogP contribution in [0.3, 0.4) is 0 Å². The van der Waals surface area contributed by atoms with Gasteiger partial charge in [0.2, 0.25) is 0 Å². The van der Waals surface area contributed by atoms with Crippen LogP contribution in [0.4, 0.5) is 0 Å². The number of allylic oxidation sites excluding steroid dienone is 1. The van der Waals surface area contributed by atoms with Gasteiger partial charge in [-0.05, 0) is 37.8 Å². The van der Waals surface area contributed by atoms with Crippen LogP contribution < -0.4 is 0 Å². The number of fused-ring (bicyclic) bond motifs is 1. The van der Waals surface area contributed by atoms with Crippen LogP contribution in [0, 0.1) is 0 Å². The Morgan fingerprint density at radius 3 is 2.22 bits per heavy atom. The number of hydrogen-bond donors (Lipinski definition) is 0. The number of alkyl halides is 1. The van der Waals surface area contributed by atoms with Crippen LogP contribution >= 0.6 is 15.9 Å². The molecule has 0 spiro atoms. The standard InChI is InChI=1S/C19H24BrNO2/c1-2-15(11-7-5-3-4-6-10-14-20)21-18(22)16-12-8-9-13-17(16)19(21)23/h7-9,11-13,15H,2-6,10,14H2,1H3/b11-7-/t15-/m0/s1. The molecule has 0 saturated heterocycles. The fourth-order valence-corrected chi connectivity index (χ4v) is 3.27. The number of unbranched alkanes of at least 4 members (excludes halogenated alkanes) is 4. The van der Waals surface area contributed by atoms with E-state index in [0.29, 0.717) is 11.1 Å². The highest BCUT2D eigenvalue weighted by atomic mass is 79.9. The molecule has 0 aliphatic carbocycles. The van der Waals surface area contributed by atoms with Crippen molar-refractivity contribution in [2.24, 2.45) is 0 Å². The Balaban J connectivity index is 1.94. The third kappa shape index (κ3) is 4.31. The minimum atomic E-state index is -0.167. The number of nitrogens with zero attached hydrogens (tertiary/aromatic N) is 1. The Hall–Kier alpha value is -1.42. The summed E-state index contributed by atoms with van der Waals surface area (Å²) >= 11 is 3.44. The van der Waals surface area contributed by atoms with Gasteiger partial charge in [-0.2, -0.15) is 0 Å². The summed E-state index contributed by atoms with van der Waals surface area (Å²) in [6, 6.07) is 6.92. The number of imide groups is 1. The number of halogens is 1. The van der Waals surface area contributed by atoms with Crippen LogP contribution in [-0.4, -0.2) is 28.1 Å². The number of carbonyl (C=O) groups is 2. The predicted octanol–water partition coefficient (Wildman–Crippen LogP) is 4.96. The fraction of sp³-hybridized carbons (Fsp3) is 0.474. The summed E-state index contributed by atoms with van der Waals surface area (Å²) < 4.78 is 0. The van der Waals surface area contributed by atoms with Gasteiger partial charge in [0.1, 0.15) is 0 Å². The summed E-state index contributed by atoms with van der Waals surface area (Å²) in [7, 11) is 0. The van der Waals surface area contributed by atoms with Crippen LogP contribution in [0.25, 0.3) is 0 Å². The highest BCUT2D eigenvalue weighted by Crippen LogP contribution is 2.26. The highest BCUT2D eigenvalue weighted by molar-refractivity contribution is 9.09. The van der Waals surface area contributed by atoms with Gasteiger partial charge in [0.25, 0.3) is 11.8 Å². The van der Waals surface area contributed by atoms with Gasteiger partial charge in [-0.1, -0.05) is 60.0 Å². The van der Waals surface area contributed by atoms with E-state index in [0.717, 1.165) is 24.6 Å². The molecule has 23 heavy (non-hydrogen) atoms. The minimum absolute atomic E-state index is 0.148. The van der Waals surface area contributed by atoms with Crippen LogP contribution in [0.15, 0.2) is 36.4 Å². The molecule has 1 atom stereocenters. The maximum absolute atomic E-state index is 12.5. The zero-order chi connectivity index (χ0) is 16.7. The average Bonchev–Trinajstić information content (AvgIpc) is 2.83. The molecule has 4 heteroatoms. The normalized spacial score (nSPS) is 15.5. The Kier molecular flexibility index (Phi) is 7.03. The predicted molar refractivity (Wildman–Crippen MR) is 97.0 cm³/mol. The highest BCUT2D eigenvalue weighted by Gasteiger charge is 2.38. The van der Waals surface area contributed by atoms with Gasteiger partial charge in [-0.15, -0.1) is 0 Å². The Labute approximate surface area is 146 Å². The second kappa shape index (κ2) is 9.02. The monoisotopic (exact) mass is 377 g/mol. The first kappa shape index (κ1) is 17.9. The first-order chi connectivity index (χ1) is 11.2. The zero-order valence-corrected chi connectivity index (χ0v) is 15.2. The molecule has 2 rings (SSSR count). The van der Waals surface area contributed by atoms with Gasteiger partial charge in [0.05, 0.1) is 17.2 Å².